The normalized spacial score (nSPS) is 8.53. The maximum absolute atomic E-state index is 5.53. The van der Waals surface area contributed by atoms with Crippen molar-refractivity contribution in [1.29, 1.82) is 0 Å². The number of halogens is 2. The summed E-state index contributed by atoms with van der Waals surface area (Å²) in [5.41, 5.74) is 8.17. The van der Waals surface area contributed by atoms with Crippen LogP contribution in [0.4, 0.5) is 5.69 Å². The fourth-order valence-electron chi connectivity index (χ4n) is 1.10. The molecule has 0 bridgehead atoms. The van der Waals surface area contributed by atoms with Crippen LogP contribution in [0.2, 0.25) is 0 Å². The Bertz CT molecular complexity index is 389. The molecule has 5 heteroatoms. The van der Waals surface area contributed by atoms with E-state index in [1.807, 2.05) is 24.3 Å². The molecule has 2 aromatic heterocycles. The molecule has 15 heavy (non-hydrogen) atoms. The van der Waals surface area contributed by atoms with E-state index in [2.05, 4.69) is 9.97 Å². The van der Waals surface area contributed by atoms with Gasteiger partial charge in [-0.2, -0.15) is 0 Å². The van der Waals surface area contributed by atoms with Crippen LogP contribution < -0.4 is 5.73 Å². The number of hydrogen-bond acceptors (Lipinski definition) is 3. The third-order valence-electron chi connectivity index (χ3n) is 1.76. The van der Waals surface area contributed by atoms with Crippen LogP contribution in [0.1, 0.15) is 0 Å². The second-order valence-electron chi connectivity index (χ2n) is 2.71. The van der Waals surface area contributed by atoms with E-state index in [0.29, 0.717) is 5.69 Å². The van der Waals surface area contributed by atoms with Gasteiger partial charge in [0.2, 0.25) is 0 Å². The lowest BCUT2D eigenvalue weighted by molar-refractivity contribution is 1.29. The van der Waals surface area contributed by atoms with Gasteiger partial charge in [0.1, 0.15) is 0 Å². The van der Waals surface area contributed by atoms with Crippen molar-refractivity contribution in [2.75, 3.05) is 5.73 Å². The third kappa shape index (κ3) is 3.38. The van der Waals surface area contributed by atoms with Crippen molar-refractivity contribution in [3.8, 4) is 11.3 Å². The number of hydrogen-bond donors (Lipinski definition) is 1. The predicted octanol–water partition coefficient (Wildman–Crippen LogP) is 2.57. The van der Waals surface area contributed by atoms with E-state index in [1.54, 1.807) is 18.6 Å². The second kappa shape index (κ2) is 6.22. The maximum atomic E-state index is 5.53. The SMILES string of the molecule is Cl.Cl.Nc1ccc(-c2ccncc2)nc1. The van der Waals surface area contributed by atoms with Gasteiger partial charge in [0, 0.05) is 18.0 Å². The molecule has 0 radical (unpaired) electrons. The molecule has 0 atom stereocenters. The van der Waals surface area contributed by atoms with Crippen LogP contribution in [0.15, 0.2) is 42.9 Å². The van der Waals surface area contributed by atoms with Crippen molar-refractivity contribution in [3.05, 3.63) is 42.9 Å². The van der Waals surface area contributed by atoms with Gasteiger partial charge in [0.15, 0.2) is 0 Å². The van der Waals surface area contributed by atoms with Crippen molar-refractivity contribution in [1.82, 2.24) is 9.97 Å². The van der Waals surface area contributed by atoms with Crippen LogP contribution in [0.3, 0.4) is 0 Å². The van der Waals surface area contributed by atoms with E-state index in [4.69, 9.17) is 5.73 Å². The Morgan fingerprint density at radius 1 is 0.933 bits per heavy atom. The molecular formula is C10H11Cl2N3. The second-order valence-corrected chi connectivity index (χ2v) is 2.71. The molecule has 0 aromatic carbocycles. The summed E-state index contributed by atoms with van der Waals surface area (Å²) in [4.78, 5) is 8.13. The third-order valence-corrected chi connectivity index (χ3v) is 1.76. The van der Waals surface area contributed by atoms with Gasteiger partial charge in [-0.15, -0.1) is 24.8 Å². The van der Waals surface area contributed by atoms with E-state index in [9.17, 15) is 0 Å². The highest BCUT2D eigenvalue weighted by Gasteiger charge is 1.96. The summed E-state index contributed by atoms with van der Waals surface area (Å²) in [5, 5.41) is 0. The van der Waals surface area contributed by atoms with E-state index >= 15 is 0 Å². The molecule has 0 saturated carbocycles. The van der Waals surface area contributed by atoms with Crippen LogP contribution >= 0.6 is 24.8 Å². The summed E-state index contributed by atoms with van der Waals surface area (Å²) in [5.74, 6) is 0. The predicted molar refractivity (Wildman–Crippen MR) is 66.4 cm³/mol. The van der Waals surface area contributed by atoms with E-state index in [0.717, 1.165) is 11.3 Å². The molecule has 0 aliphatic rings. The van der Waals surface area contributed by atoms with Gasteiger partial charge in [0.25, 0.3) is 0 Å². The first-order valence-electron chi connectivity index (χ1n) is 3.98. The average Bonchev–Trinajstić information content (AvgIpc) is 2.20. The number of nitrogens with two attached hydrogens (primary N) is 1. The van der Waals surface area contributed by atoms with Crippen LogP contribution in [0.25, 0.3) is 11.3 Å². The topological polar surface area (TPSA) is 51.8 Å². The molecule has 0 amide bonds. The zero-order valence-electron chi connectivity index (χ0n) is 7.83. The lowest BCUT2D eigenvalue weighted by Crippen LogP contribution is -1.87. The highest BCUT2D eigenvalue weighted by atomic mass is 35.5. The Hall–Kier alpha value is -1.32. The van der Waals surface area contributed by atoms with Crippen LogP contribution in [0.5, 0.6) is 0 Å². The van der Waals surface area contributed by atoms with Gasteiger partial charge in [0.05, 0.1) is 17.6 Å². The van der Waals surface area contributed by atoms with Gasteiger partial charge >= 0.3 is 0 Å². The maximum Gasteiger partial charge on any atom is 0.0704 e. The molecule has 3 nitrogen and oxygen atoms in total. The highest BCUT2D eigenvalue weighted by Crippen LogP contribution is 2.15. The van der Waals surface area contributed by atoms with E-state index in [1.165, 1.54) is 0 Å². The van der Waals surface area contributed by atoms with Crippen molar-refractivity contribution in [3.63, 3.8) is 0 Å². The smallest absolute Gasteiger partial charge is 0.0704 e. The number of nitrogen functional groups attached to an aromatic ring is 1. The Morgan fingerprint density at radius 2 is 1.60 bits per heavy atom. The number of aromatic nitrogens is 2. The first-order chi connectivity index (χ1) is 6.36. The molecule has 0 saturated heterocycles. The molecule has 2 aromatic rings. The molecule has 2 N–H and O–H groups in total. The van der Waals surface area contributed by atoms with Crippen LogP contribution in [-0.2, 0) is 0 Å². The van der Waals surface area contributed by atoms with Crippen LogP contribution in [0, 0.1) is 0 Å². The molecule has 2 rings (SSSR count). The lowest BCUT2D eigenvalue weighted by Gasteiger charge is -1.99. The Labute approximate surface area is 101 Å². The summed E-state index contributed by atoms with van der Waals surface area (Å²) < 4.78 is 0. The van der Waals surface area contributed by atoms with Crippen molar-refractivity contribution >= 4 is 30.5 Å². The monoisotopic (exact) mass is 243 g/mol. The van der Waals surface area contributed by atoms with Gasteiger partial charge in [-0.3, -0.25) is 9.97 Å². The van der Waals surface area contributed by atoms with Crippen molar-refractivity contribution in [2.45, 2.75) is 0 Å². The standard InChI is InChI=1S/C10H9N3.2ClH/c11-9-1-2-10(13-7-9)8-3-5-12-6-4-8;;/h1-7H,11H2;2*1H. The molecule has 0 fully saturated rings. The number of pyridine rings is 2. The van der Waals surface area contributed by atoms with Gasteiger partial charge in [-0.05, 0) is 24.3 Å². The molecule has 80 valence electrons. The van der Waals surface area contributed by atoms with Crippen LogP contribution in [-0.4, -0.2) is 9.97 Å². The summed E-state index contributed by atoms with van der Waals surface area (Å²) in [6.45, 7) is 0. The average molecular weight is 244 g/mol. The zero-order chi connectivity index (χ0) is 9.10. The number of anilines is 1. The minimum atomic E-state index is 0. The fourth-order valence-corrected chi connectivity index (χ4v) is 1.10. The zero-order valence-corrected chi connectivity index (χ0v) is 9.46. The number of nitrogens with zero attached hydrogens (tertiary/aromatic N) is 2. The summed E-state index contributed by atoms with van der Waals surface area (Å²) in [6, 6.07) is 7.56. The molecule has 2 heterocycles. The first-order valence-corrected chi connectivity index (χ1v) is 3.98. The van der Waals surface area contributed by atoms with Gasteiger partial charge < -0.3 is 5.73 Å². The number of rotatable bonds is 1. The molecule has 0 unspecified atom stereocenters. The Balaban J connectivity index is 0.000000980. The molecule has 0 aliphatic heterocycles. The Kier molecular flexibility index (Phi) is 5.67. The lowest BCUT2D eigenvalue weighted by atomic mass is 10.2. The van der Waals surface area contributed by atoms with Crippen molar-refractivity contribution in [2.24, 2.45) is 0 Å². The van der Waals surface area contributed by atoms with Gasteiger partial charge in [-0.25, -0.2) is 0 Å². The summed E-state index contributed by atoms with van der Waals surface area (Å²) in [7, 11) is 0. The molecular weight excluding hydrogens is 233 g/mol. The quantitative estimate of drug-likeness (QED) is 0.838. The highest BCUT2D eigenvalue weighted by molar-refractivity contribution is 5.85. The fraction of sp³-hybridized carbons (Fsp3) is 0. The minimum Gasteiger partial charge on any atom is -0.397 e. The van der Waals surface area contributed by atoms with Gasteiger partial charge in [-0.1, -0.05) is 0 Å². The summed E-state index contributed by atoms with van der Waals surface area (Å²) in [6.07, 6.45) is 5.14. The molecule has 0 spiro atoms. The van der Waals surface area contributed by atoms with Crippen molar-refractivity contribution < 1.29 is 0 Å². The minimum absolute atomic E-state index is 0. The Morgan fingerprint density at radius 3 is 2.13 bits per heavy atom. The van der Waals surface area contributed by atoms with E-state index < -0.39 is 0 Å². The first kappa shape index (κ1) is 13.7. The largest absolute Gasteiger partial charge is 0.397 e. The molecule has 0 aliphatic carbocycles. The van der Waals surface area contributed by atoms with E-state index in [-0.39, 0.29) is 24.8 Å². The summed E-state index contributed by atoms with van der Waals surface area (Å²) >= 11 is 0.